The van der Waals surface area contributed by atoms with Crippen LogP contribution in [0.3, 0.4) is 0 Å². The number of hydrogen-bond acceptors (Lipinski definition) is 5. The van der Waals surface area contributed by atoms with Crippen molar-refractivity contribution in [3.63, 3.8) is 0 Å². The minimum atomic E-state index is 0.210. The number of nitrogens with one attached hydrogen (secondary N) is 1. The molecule has 2 heterocycles. The largest absolute Gasteiger partial charge is 0.375 e. The smallest absolute Gasteiger partial charge is 0.227 e. The number of nitrogens with zero attached hydrogens (tertiary/aromatic N) is 3. The van der Waals surface area contributed by atoms with Gasteiger partial charge in [0.05, 0.1) is 18.4 Å². The Morgan fingerprint density at radius 3 is 2.60 bits per heavy atom. The highest BCUT2D eigenvalue weighted by atomic mass is 16.5. The molecule has 2 aliphatic carbocycles. The van der Waals surface area contributed by atoms with E-state index in [1.807, 2.05) is 0 Å². The molecule has 1 aromatic carbocycles. The van der Waals surface area contributed by atoms with Crippen LogP contribution in [0.1, 0.15) is 61.8 Å². The van der Waals surface area contributed by atoms with Crippen LogP contribution in [-0.4, -0.2) is 35.8 Å². The first kappa shape index (κ1) is 19.6. The number of ether oxygens (including phenoxy) is 1. The molecule has 1 N–H and O–H groups in total. The monoisotopic (exact) mass is 404 g/mol. The van der Waals surface area contributed by atoms with Crippen LogP contribution in [0.25, 0.3) is 0 Å². The molecule has 1 saturated carbocycles. The van der Waals surface area contributed by atoms with Gasteiger partial charge in [0.15, 0.2) is 0 Å². The SMILES string of the molecule is C[C@@H]1CN(c2nc3c(c(Nc4ccc(C5CCCCC5)cc4)n2)CC=CC3)CCO1. The molecule has 1 saturated heterocycles. The van der Waals surface area contributed by atoms with Crippen LogP contribution in [0.15, 0.2) is 36.4 Å². The first-order valence-corrected chi connectivity index (χ1v) is 11.5. The lowest BCUT2D eigenvalue weighted by Crippen LogP contribution is -2.42. The summed E-state index contributed by atoms with van der Waals surface area (Å²) in [5.74, 6) is 2.50. The topological polar surface area (TPSA) is 50.3 Å². The number of anilines is 3. The van der Waals surface area contributed by atoms with E-state index in [1.165, 1.54) is 43.2 Å². The van der Waals surface area contributed by atoms with Crippen molar-refractivity contribution in [3.8, 4) is 0 Å². The summed E-state index contributed by atoms with van der Waals surface area (Å²) < 4.78 is 5.71. The average molecular weight is 405 g/mol. The molecule has 5 rings (SSSR count). The zero-order valence-electron chi connectivity index (χ0n) is 17.9. The predicted molar refractivity (Wildman–Crippen MR) is 122 cm³/mol. The van der Waals surface area contributed by atoms with E-state index >= 15 is 0 Å². The van der Waals surface area contributed by atoms with E-state index < -0.39 is 0 Å². The van der Waals surface area contributed by atoms with Crippen molar-refractivity contribution >= 4 is 17.5 Å². The van der Waals surface area contributed by atoms with Crippen molar-refractivity contribution in [1.82, 2.24) is 9.97 Å². The molecule has 2 aromatic rings. The lowest BCUT2D eigenvalue weighted by atomic mass is 9.84. The number of fused-ring (bicyclic) bond motifs is 1. The quantitative estimate of drug-likeness (QED) is 0.715. The fourth-order valence-corrected chi connectivity index (χ4v) is 4.95. The van der Waals surface area contributed by atoms with Crippen molar-refractivity contribution in [2.75, 3.05) is 29.9 Å². The molecule has 2 fully saturated rings. The molecular weight excluding hydrogens is 372 g/mol. The van der Waals surface area contributed by atoms with Crippen LogP contribution in [0.5, 0.6) is 0 Å². The Kier molecular flexibility index (Phi) is 5.71. The van der Waals surface area contributed by atoms with Crippen molar-refractivity contribution in [2.24, 2.45) is 0 Å². The highest BCUT2D eigenvalue weighted by molar-refractivity contribution is 5.63. The van der Waals surface area contributed by atoms with E-state index in [1.54, 1.807) is 0 Å². The summed E-state index contributed by atoms with van der Waals surface area (Å²) in [5.41, 5.74) is 4.95. The molecular formula is C25H32N4O. The Morgan fingerprint density at radius 1 is 1.00 bits per heavy atom. The van der Waals surface area contributed by atoms with Crippen molar-refractivity contribution in [1.29, 1.82) is 0 Å². The van der Waals surface area contributed by atoms with Gasteiger partial charge in [-0.2, -0.15) is 4.98 Å². The lowest BCUT2D eigenvalue weighted by Gasteiger charge is -2.32. The molecule has 30 heavy (non-hydrogen) atoms. The minimum absolute atomic E-state index is 0.210. The maximum Gasteiger partial charge on any atom is 0.227 e. The number of benzene rings is 1. The van der Waals surface area contributed by atoms with Gasteiger partial charge in [-0.1, -0.05) is 43.5 Å². The molecule has 0 unspecified atom stereocenters. The summed E-state index contributed by atoms with van der Waals surface area (Å²) in [5, 5.41) is 3.61. The van der Waals surface area contributed by atoms with E-state index in [4.69, 9.17) is 14.7 Å². The Labute approximate surface area is 179 Å². The van der Waals surface area contributed by atoms with Crippen LogP contribution in [-0.2, 0) is 17.6 Å². The fourth-order valence-electron chi connectivity index (χ4n) is 4.95. The number of rotatable bonds is 4. The van der Waals surface area contributed by atoms with Gasteiger partial charge in [0.2, 0.25) is 5.95 Å². The summed E-state index contributed by atoms with van der Waals surface area (Å²) in [4.78, 5) is 12.1. The third kappa shape index (κ3) is 4.22. The zero-order valence-corrected chi connectivity index (χ0v) is 17.9. The van der Waals surface area contributed by atoms with Gasteiger partial charge < -0.3 is 15.0 Å². The molecule has 1 atom stereocenters. The minimum Gasteiger partial charge on any atom is -0.375 e. The molecule has 1 aliphatic heterocycles. The van der Waals surface area contributed by atoms with Crippen LogP contribution in [0.4, 0.5) is 17.5 Å². The van der Waals surface area contributed by atoms with Gasteiger partial charge >= 0.3 is 0 Å². The highest BCUT2D eigenvalue weighted by Crippen LogP contribution is 2.34. The Bertz CT molecular complexity index is 902. The first-order valence-electron chi connectivity index (χ1n) is 11.5. The normalized spacial score (nSPS) is 22.0. The molecule has 0 bridgehead atoms. The molecule has 1 aromatic heterocycles. The third-order valence-corrected chi connectivity index (χ3v) is 6.65. The standard InChI is InChI=1S/C25H32N4O/c1-18-17-29(15-16-30-18)25-27-23-10-6-5-9-22(23)24(28-25)26-21-13-11-20(12-14-21)19-7-3-2-4-8-19/h5-6,11-14,18-19H,2-4,7-10,15-17H2,1H3,(H,26,27,28)/t18-/m1/s1. The summed E-state index contributed by atoms with van der Waals surface area (Å²) in [7, 11) is 0. The van der Waals surface area contributed by atoms with Gasteiger partial charge in [-0.25, -0.2) is 4.98 Å². The van der Waals surface area contributed by atoms with Crippen molar-refractivity contribution < 1.29 is 4.74 Å². The molecule has 158 valence electrons. The van der Waals surface area contributed by atoms with E-state index in [0.29, 0.717) is 0 Å². The van der Waals surface area contributed by atoms with Gasteiger partial charge in [0.1, 0.15) is 5.82 Å². The second-order valence-electron chi connectivity index (χ2n) is 8.89. The summed E-state index contributed by atoms with van der Waals surface area (Å²) in [6.45, 7) is 4.52. The number of allylic oxidation sites excluding steroid dienone is 2. The van der Waals surface area contributed by atoms with Crippen molar-refractivity contribution in [2.45, 2.75) is 63.9 Å². The number of morpholine rings is 1. The lowest BCUT2D eigenvalue weighted by molar-refractivity contribution is 0.0526. The molecule has 0 spiro atoms. The molecule has 3 aliphatic rings. The van der Waals surface area contributed by atoms with Crippen LogP contribution < -0.4 is 10.2 Å². The van der Waals surface area contributed by atoms with E-state index in [0.717, 1.165) is 61.6 Å². The average Bonchev–Trinajstić information content (AvgIpc) is 2.80. The Balaban J connectivity index is 1.39. The fraction of sp³-hybridized carbons (Fsp3) is 0.520. The van der Waals surface area contributed by atoms with Crippen LogP contribution in [0, 0.1) is 0 Å². The first-order chi connectivity index (χ1) is 14.8. The van der Waals surface area contributed by atoms with Crippen LogP contribution in [0.2, 0.25) is 0 Å². The number of hydrogen-bond donors (Lipinski definition) is 1. The van der Waals surface area contributed by atoms with Gasteiger partial charge in [0.25, 0.3) is 0 Å². The predicted octanol–water partition coefficient (Wildman–Crippen LogP) is 5.15. The van der Waals surface area contributed by atoms with Gasteiger partial charge in [-0.3, -0.25) is 0 Å². The maximum absolute atomic E-state index is 5.71. The second-order valence-corrected chi connectivity index (χ2v) is 8.89. The number of aromatic nitrogens is 2. The summed E-state index contributed by atoms with van der Waals surface area (Å²) in [6, 6.07) is 9.04. The summed E-state index contributed by atoms with van der Waals surface area (Å²) in [6.07, 6.45) is 13.2. The van der Waals surface area contributed by atoms with E-state index in [9.17, 15) is 0 Å². The third-order valence-electron chi connectivity index (χ3n) is 6.65. The molecule has 5 heteroatoms. The summed E-state index contributed by atoms with van der Waals surface area (Å²) >= 11 is 0. The van der Waals surface area contributed by atoms with Gasteiger partial charge in [0, 0.05) is 30.8 Å². The Morgan fingerprint density at radius 2 is 1.80 bits per heavy atom. The zero-order chi connectivity index (χ0) is 20.3. The Hall–Kier alpha value is -2.40. The van der Waals surface area contributed by atoms with Crippen molar-refractivity contribution in [3.05, 3.63) is 53.2 Å². The van der Waals surface area contributed by atoms with Gasteiger partial charge in [-0.05, 0) is 49.8 Å². The van der Waals surface area contributed by atoms with Crippen LogP contribution >= 0.6 is 0 Å². The van der Waals surface area contributed by atoms with E-state index in [-0.39, 0.29) is 6.10 Å². The highest BCUT2D eigenvalue weighted by Gasteiger charge is 2.23. The van der Waals surface area contributed by atoms with E-state index in [2.05, 4.69) is 53.6 Å². The molecule has 0 radical (unpaired) electrons. The maximum atomic E-state index is 5.71. The second kappa shape index (κ2) is 8.76. The van der Waals surface area contributed by atoms with Gasteiger partial charge in [-0.15, -0.1) is 0 Å². The molecule has 0 amide bonds. The molecule has 5 nitrogen and oxygen atoms in total.